The molecule has 2 fully saturated rings. The molecule has 1 saturated heterocycles. The van der Waals surface area contributed by atoms with Crippen LogP contribution in [-0.4, -0.2) is 52.3 Å². The Morgan fingerprint density at radius 1 is 1.23 bits per heavy atom. The number of nitrogens with zero attached hydrogens (tertiary/aromatic N) is 1. The zero-order valence-corrected chi connectivity index (χ0v) is 17.6. The average molecular weight is 416 g/mol. The highest BCUT2D eigenvalue weighted by Gasteiger charge is 2.36. The molecule has 0 bridgehead atoms. The van der Waals surface area contributed by atoms with Crippen molar-refractivity contribution in [3.8, 4) is 5.75 Å². The highest BCUT2D eigenvalue weighted by Crippen LogP contribution is 2.22. The van der Waals surface area contributed by atoms with Crippen molar-refractivity contribution in [1.82, 2.24) is 15.5 Å². The van der Waals surface area contributed by atoms with Gasteiger partial charge in [0.25, 0.3) is 0 Å². The third-order valence-corrected chi connectivity index (χ3v) is 6.12. The summed E-state index contributed by atoms with van der Waals surface area (Å²) in [5.74, 6) is -0.490. The smallest absolute Gasteiger partial charge is 0.243 e. The number of carbonyl (C=O) groups is 2. The molecular formula is C22H33N5O3. The summed E-state index contributed by atoms with van der Waals surface area (Å²) in [6.45, 7) is 2.73. The highest BCUT2D eigenvalue weighted by atomic mass is 16.3. The van der Waals surface area contributed by atoms with Crippen LogP contribution in [0.15, 0.2) is 18.2 Å². The van der Waals surface area contributed by atoms with Gasteiger partial charge in [0.1, 0.15) is 17.6 Å². The van der Waals surface area contributed by atoms with Gasteiger partial charge in [-0.3, -0.25) is 15.0 Å². The maximum atomic E-state index is 13.0. The minimum Gasteiger partial charge on any atom is -0.507 e. The van der Waals surface area contributed by atoms with Crippen LogP contribution < -0.4 is 16.4 Å². The fourth-order valence-corrected chi connectivity index (χ4v) is 4.47. The predicted molar refractivity (Wildman–Crippen MR) is 115 cm³/mol. The Hall–Kier alpha value is -2.61. The van der Waals surface area contributed by atoms with E-state index in [1.807, 2.05) is 6.92 Å². The molecule has 1 aromatic carbocycles. The number of rotatable bonds is 7. The van der Waals surface area contributed by atoms with Crippen LogP contribution in [0.5, 0.6) is 5.75 Å². The summed E-state index contributed by atoms with van der Waals surface area (Å²) < 4.78 is 0. The highest BCUT2D eigenvalue weighted by molar-refractivity contribution is 5.97. The quantitative estimate of drug-likeness (QED) is 0.341. The molecule has 1 aliphatic carbocycles. The standard InChI is InChI=1S/C22H33N5O3/c1-14(26-16-6-3-2-4-7-16)22(30)27-11-5-8-18(27)21(29)25-13-15-9-10-17(20(23)24)19(28)12-15/h9-10,12,14,16,18,26,28H,2-8,11,13H2,1H3,(H3,23,24)(H,25,29)/t14-,18+/m1/s1. The molecule has 164 valence electrons. The fourth-order valence-electron chi connectivity index (χ4n) is 4.47. The first kappa shape index (κ1) is 22.1. The number of aromatic hydroxyl groups is 1. The number of phenols is 1. The maximum Gasteiger partial charge on any atom is 0.243 e. The number of likely N-dealkylation sites (tertiary alicyclic amines) is 1. The summed E-state index contributed by atoms with van der Waals surface area (Å²) in [7, 11) is 0. The van der Waals surface area contributed by atoms with Crippen LogP contribution >= 0.6 is 0 Å². The van der Waals surface area contributed by atoms with Crippen LogP contribution in [0.25, 0.3) is 0 Å². The lowest BCUT2D eigenvalue weighted by Crippen LogP contribution is -2.53. The molecule has 3 rings (SSSR count). The summed E-state index contributed by atoms with van der Waals surface area (Å²) in [5, 5.41) is 23.7. The lowest BCUT2D eigenvalue weighted by molar-refractivity contribution is -0.140. The Morgan fingerprint density at radius 2 is 1.97 bits per heavy atom. The zero-order chi connectivity index (χ0) is 21.7. The van der Waals surface area contributed by atoms with Crippen molar-refractivity contribution in [2.75, 3.05) is 6.54 Å². The first-order valence-electron chi connectivity index (χ1n) is 10.9. The summed E-state index contributed by atoms with van der Waals surface area (Å²) >= 11 is 0. The molecule has 1 saturated carbocycles. The molecule has 0 aromatic heterocycles. The number of hydrogen-bond donors (Lipinski definition) is 5. The SMILES string of the molecule is C[C@@H](NC1CCCCC1)C(=O)N1CCC[C@H]1C(=O)NCc1ccc(C(=N)N)c(O)c1. The maximum absolute atomic E-state index is 13.0. The second-order valence-electron chi connectivity index (χ2n) is 8.40. The normalized spacial score (nSPS) is 20.7. The van der Waals surface area contributed by atoms with Crippen molar-refractivity contribution in [2.45, 2.75) is 76.5 Å². The average Bonchev–Trinajstić information content (AvgIpc) is 3.22. The predicted octanol–water partition coefficient (Wildman–Crippen LogP) is 1.59. The Labute approximate surface area is 177 Å². The minimum atomic E-state index is -0.460. The first-order valence-corrected chi connectivity index (χ1v) is 10.9. The van der Waals surface area contributed by atoms with E-state index in [-0.39, 0.29) is 41.5 Å². The molecule has 1 aromatic rings. The van der Waals surface area contributed by atoms with Gasteiger partial charge in [-0.1, -0.05) is 25.3 Å². The van der Waals surface area contributed by atoms with Crippen LogP contribution in [-0.2, 0) is 16.1 Å². The van der Waals surface area contributed by atoms with Crippen LogP contribution in [0.4, 0.5) is 0 Å². The molecule has 30 heavy (non-hydrogen) atoms. The summed E-state index contributed by atoms with van der Waals surface area (Å²) in [5.41, 5.74) is 6.37. The number of nitrogens with one attached hydrogen (secondary N) is 3. The van der Waals surface area contributed by atoms with Gasteiger partial charge in [-0.15, -0.1) is 0 Å². The number of amidine groups is 1. The molecule has 1 heterocycles. The van der Waals surface area contributed by atoms with Gasteiger partial charge in [0, 0.05) is 19.1 Å². The molecule has 2 atom stereocenters. The van der Waals surface area contributed by atoms with Crippen molar-refractivity contribution >= 4 is 17.6 Å². The monoisotopic (exact) mass is 415 g/mol. The van der Waals surface area contributed by atoms with E-state index in [9.17, 15) is 14.7 Å². The van der Waals surface area contributed by atoms with Crippen LogP contribution in [0.2, 0.25) is 0 Å². The van der Waals surface area contributed by atoms with Gasteiger partial charge in [-0.2, -0.15) is 0 Å². The molecular weight excluding hydrogens is 382 g/mol. The topological polar surface area (TPSA) is 132 Å². The summed E-state index contributed by atoms with van der Waals surface area (Å²) in [6, 6.07) is 4.40. The molecule has 1 aliphatic heterocycles. The lowest BCUT2D eigenvalue weighted by Gasteiger charge is -2.30. The molecule has 0 spiro atoms. The van der Waals surface area contributed by atoms with E-state index in [4.69, 9.17) is 11.1 Å². The largest absolute Gasteiger partial charge is 0.507 e. The van der Waals surface area contributed by atoms with Crippen molar-refractivity contribution < 1.29 is 14.7 Å². The number of amides is 2. The number of carbonyl (C=O) groups excluding carboxylic acids is 2. The molecule has 0 radical (unpaired) electrons. The van der Waals surface area contributed by atoms with Crippen molar-refractivity contribution in [1.29, 1.82) is 5.41 Å². The minimum absolute atomic E-state index is 0.0123. The second-order valence-corrected chi connectivity index (χ2v) is 8.40. The molecule has 8 heteroatoms. The van der Waals surface area contributed by atoms with E-state index in [1.165, 1.54) is 25.3 Å². The van der Waals surface area contributed by atoms with E-state index in [0.29, 0.717) is 24.6 Å². The van der Waals surface area contributed by atoms with E-state index < -0.39 is 6.04 Å². The van der Waals surface area contributed by atoms with E-state index in [2.05, 4.69) is 10.6 Å². The number of nitrogen functional groups attached to an aromatic ring is 1. The van der Waals surface area contributed by atoms with Crippen LogP contribution in [0, 0.1) is 5.41 Å². The van der Waals surface area contributed by atoms with Gasteiger partial charge in [-0.25, -0.2) is 0 Å². The van der Waals surface area contributed by atoms with Crippen LogP contribution in [0.1, 0.15) is 63.0 Å². The zero-order valence-electron chi connectivity index (χ0n) is 17.6. The fraction of sp³-hybridized carbons (Fsp3) is 0.591. The second kappa shape index (κ2) is 9.93. The molecule has 2 aliphatic rings. The van der Waals surface area contributed by atoms with Crippen molar-refractivity contribution in [3.05, 3.63) is 29.3 Å². The number of hydrogen-bond acceptors (Lipinski definition) is 5. The van der Waals surface area contributed by atoms with Gasteiger partial charge < -0.3 is 26.4 Å². The van der Waals surface area contributed by atoms with Gasteiger partial charge in [-0.05, 0) is 50.3 Å². The first-order chi connectivity index (χ1) is 14.4. The van der Waals surface area contributed by atoms with Crippen molar-refractivity contribution in [3.63, 3.8) is 0 Å². The number of nitrogens with two attached hydrogens (primary N) is 1. The Bertz CT molecular complexity index is 791. The van der Waals surface area contributed by atoms with E-state index in [0.717, 1.165) is 19.3 Å². The molecule has 6 N–H and O–H groups in total. The third kappa shape index (κ3) is 5.30. The Morgan fingerprint density at radius 3 is 2.63 bits per heavy atom. The number of phenolic OH excluding ortho intramolecular Hbond substituents is 1. The van der Waals surface area contributed by atoms with Gasteiger partial charge >= 0.3 is 0 Å². The van der Waals surface area contributed by atoms with Gasteiger partial charge in [0.2, 0.25) is 11.8 Å². The third-order valence-electron chi connectivity index (χ3n) is 6.12. The van der Waals surface area contributed by atoms with Gasteiger partial charge in [0.05, 0.1) is 11.6 Å². The number of benzene rings is 1. The summed E-state index contributed by atoms with van der Waals surface area (Å²) in [4.78, 5) is 27.4. The molecule has 8 nitrogen and oxygen atoms in total. The Kier molecular flexibility index (Phi) is 7.31. The van der Waals surface area contributed by atoms with E-state index in [1.54, 1.807) is 17.0 Å². The molecule has 2 amide bonds. The van der Waals surface area contributed by atoms with E-state index >= 15 is 0 Å². The Balaban J connectivity index is 1.55. The summed E-state index contributed by atoms with van der Waals surface area (Å²) in [6.07, 6.45) is 7.36. The molecule has 0 unspecified atom stereocenters. The van der Waals surface area contributed by atoms with Crippen LogP contribution in [0.3, 0.4) is 0 Å². The lowest BCUT2D eigenvalue weighted by atomic mass is 9.95. The van der Waals surface area contributed by atoms with Gasteiger partial charge in [0.15, 0.2) is 0 Å². The van der Waals surface area contributed by atoms with Crippen molar-refractivity contribution in [2.24, 2.45) is 5.73 Å².